The molecule has 0 spiro atoms. The van der Waals surface area contributed by atoms with Crippen LogP contribution in [0.25, 0.3) is 0 Å². The summed E-state index contributed by atoms with van der Waals surface area (Å²) in [5.74, 6) is 1.13. The highest BCUT2D eigenvalue weighted by Crippen LogP contribution is 2.10. The second-order valence-corrected chi connectivity index (χ2v) is 5.44. The van der Waals surface area contributed by atoms with Crippen molar-refractivity contribution in [3.05, 3.63) is 47.7 Å². The molecule has 0 bridgehead atoms. The van der Waals surface area contributed by atoms with Crippen LogP contribution in [0.3, 0.4) is 0 Å². The summed E-state index contributed by atoms with van der Waals surface area (Å²) in [6.07, 6.45) is 3.79. The average molecular weight is 313 g/mol. The molecular formula is C17H23N5O. The standard InChI is InChI=1S/C17H23N5O/c1-4-5-10-22(3)17(23)15-11-16(21-13(2)20-15)19-12-14-8-6-7-9-18-14/h6-9,11H,4-5,10,12H2,1-3H3,(H,19,20,21). The molecule has 0 unspecified atom stereocenters. The van der Waals surface area contributed by atoms with E-state index in [2.05, 4.69) is 27.2 Å². The van der Waals surface area contributed by atoms with E-state index in [1.54, 1.807) is 31.1 Å². The second-order valence-electron chi connectivity index (χ2n) is 5.44. The van der Waals surface area contributed by atoms with E-state index in [0.29, 0.717) is 23.9 Å². The lowest BCUT2D eigenvalue weighted by molar-refractivity contribution is 0.0787. The Labute approximate surface area is 137 Å². The fourth-order valence-electron chi connectivity index (χ4n) is 2.14. The van der Waals surface area contributed by atoms with Gasteiger partial charge in [-0.25, -0.2) is 9.97 Å². The molecule has 122 valence electrons. The average Bonchev–Trinajstić information content (AvgIpc) is 2.57. The Morgan fingerprint density at radius 3 is 2.83 bits per heavy atom. The van der Waals surface area contributed by atoms with E-state index in [-0.39, 0.29) is 5.91 Å². The molecule has 6 heteroatoms. The molecule has 1 amide bonds. The topological polar surface area (TPSA) is 71.0 Å². The van der Waals surface area contributed by atoms with Gasteiger partial charge in [-0.15, -0.1) is 0 Å². The van der Waals surface area contributed by atoms with Crippen LogP contribution < -0.4 is 5.32 Å². The number of nitrogens with zero attached hydrogens (tertiary/aromatic N) is 4. The molecule has 2 heterocycles. The van der Waals surface area contributed by atoms with Gasteiger partial charge < -0.3 is 10.2 Å². The number of rotatable bonds is 7. The van der Waals surface area contributed by atoms with Gasteiger partial charge in [0.1, 0.15) is 17.3 Å². The lowest BCUT2D eigenvalue weighted by Gasteiger charge is -2.17. The van der Waals surface area contributed by atoms with Crippen LogP contribution in [0.2, 0.25) is 0 Å². The lowest BCUT2D eigenvalue weighted by Crippen LogP contribution is -2.28. The third kappa shape index (κ3) is 5.02. The van der Waals surface area contributed by atoms with Crippen LogP contribution in [0, 0.1) is 6.92 Å². The van der Waals surface area contributed by atoms with E-state index in [1.165, 1.54) is 0 Å². The number of amides is 1. The number of pyridine rings is 1. The molecule has 0 saturated carbocycles. The molecule has 0 saturated heterocycles. The van der Waals surface area contributed by atoms with Gasteiger partial charge in [-0.3, -0.25) is 9.78 Å². The summed E-state index contributed by atoms with van der Waals surface area (Å²) in [5.41, 5.74) is 1.33. The van der Waals surface area contributed by atoms with Crippen molar-refractivity contribution >= 4 is 11.7 Å². The van der Waals surface area contributed by atoms with Gasteiger partial charge in [0.25, 0.3) is 5.91 Å². The number of hydrogen-bond acceptors (Lipinski definition) is 5. The molecule has 0 fully saturated rings. The van der Waals surface area contributed by atoms with Gasteiger partial charge in [0, 0.05) is 25.9 Å². The summed E-state index contributed by atoms with van der Waals surface area (Å²) in [7, 11) is 1.80. The van der Waals surface area contributed by atoms with E-state index >= 15 is 0 Å². The summed E-state index contributed by atoms with van der Waals surface area (Å²) in [5, 5.41) is 3.19. The van der Waals surface area contributed by atoms with Gasteiger partial charge in [0.15, 0.2) is 0 Å². The first-order chi connectivity index (χ1) is 11.1. The summed E-state index contributed by atoms with van der Waals surface area (Å²) in [6.45, 7) is 5.17. The predicted octanol–water partition coefficient (Wildman–Crippen LogP) is 2.66. The maximum atomic E-state index is 12.4. The zero-order valence-corrected chi connectivity index (χ0v) is 13.9. The molecule has 0 radical (unpaired) electrons. The van der Waals surface area contributed by atoms with Crippen molar-refractivity contribution in [2.24, 2.45) is 0 Å². The van der Waals surface area contributed by atoms with E-state index in [4.69, 9.17) is 0 Å². The molecule has 0 aliphatic heterocycles. The lowest BCUT2D eigenvalue weighted by atomic mass is 10.3. The van der Waals surface area contributed by atoms with Crippen LogP contribution in [0.1, 0.15) is 41.8 Å². The molecule has 0 aliphatic rings. The Morgan fingerprint density at radius 2 is 2.13 bits per heavy atom. The van der Waals surface area contributed by atoms with E-state index in [9.17, 15) is 4.79 Å². The molecule has 23 heavy (non-hydrogen) atoms. The van der Waals surface area contributed by atoms with E-state index in [0.717, 1.165) is 25.1 Å². The van der Waals surface area contributed by atoms with Crippen LogP contribution in [-0.4, -0.2) is 39.4 Å². The van der Waals surface area contributed by atoms with Gasteiger partial charge in [-0.2, -0.15) is 0 Å². The number of aryl methyl sites for hydroxylation is 1. The minimum Gasteiger partial charge on any atom is -0.364 e. The summed E-state index contributed by atoms with van der Waals surface area (Å²) in [6, 6.07) is 7.44. The number of nitrogens with one attached hydrogen (secondary N) is 1. The first kappa shape index (κ1) is 16.9. The molecule has 0 aromatic carbocycles. The monoisotopic (exact) mass is 313 g/mol. The van der Waals surface area contributed by atoms with Crippen molar-refractivity contribution in [3.8, 4) is 0 Å². The van der Waals surface area contributed by atoms with Crippen molar-refractivity contribution in [1.82, 2.24) is 19.9 Å². The molecule has 0 aliphatic carbocycles. The summed E-state index contributed by atoms with van der Waals surface area (Å²) in [4.78, 5) is 27.0. The smallest absolute Gasteiger partial charge is 0.272 e. The Morgan fingerprint density at radius 1 is 1.30 bits per heavy atom. The minimum atomic E-state index is -0.0789. The van der Waals surface area contributed by atoms with E-state index < -0.39 is 0 Å². The Balaban J connectivity index is 2.07. The van der Waals surface area contributed by atoms with Gasteiger partial charge in [-0.05, 0) is 25.5 Å². The molecule has 2 aromatic heterocycles. The maximum absolute atomic E-state index is 12.4. The zero-order valence-electron chi connectivity index (χ0n) is 13.9. The normalized spacial score (nSPS) is 10.4. The van der Waals surface area contributed by atoms with Crippen molar-refractivity contribution in [3.63, 3.8) is 0 Å². The van der Waals surface area contributed by atoms with Crippen LogP contribution in [0.15, 0.2) is 30.5 Å². The highest BCUT2D eigenvalue weighted by atomic mass is 16.2. The molecule has 1 N–H and O–H groups in total. The Bertz CT molecular complexity index is 645. The number of hydrogen-bond donors (Lipinski definition) is 1. The van der Waals surface area contributed by atoms with Crippen molar-refractivity contribution in [2.75, 3.05) is 18.9 Å². The zero-order chi connectivity index (χ0) is 16.7. The Hall–Kier alpha value is -2.50. The number of unbranched alkanes of at least 4 members (excludes halogenated alkanes) is 1. The molecular weight excluding hydrogens is 290 g/mol. The van der Waals surface area contributed by atoms with Crippen LogP contribution in [0.4, 0.5) is 5.82 Å². The van der Waals surface area contributed by atoms with Gasteiger partial charge in [-0.1, -0.05) is 19.4 Å². The third-order valence-corrected chi connectivity index (χ3v) is 3.43. The van der Waals surface area contributed by atoms with Crippen LogP contribution >= 0.6 is 0 Å². The van der Waals surface area contributed by atoms with Crippen LogP contribution in [0.5, 0.6) is 0 Å². The SMILES string of the molecule is CCCCN(C)C(=O)c1cc(NCc2ccccn2)nc(C)n1. The highest BCUT2D eigenvalue weighted by molar-refractivity contribution is 5.92. The second kappa shape index (κ2) is 8.22. The van der Waals surface area contributed by atoms with Crippen molar-refractivity contribution in [1.29, 1.82) is 0 Å². The van der Waals surface area contributed by atoms with Gasteiger partial charge in [0.2, 0.25) is 0 Å². The van der Waals surface area contributed by atoms with Crippen molar-refractivity contribution in [2.45, 2.75) is 33.2 Å². The molecule has 0 atom stereocenters. The van der Waals surface area contributed by atoms with Gasteiger partial charge >= 0.3 is 0 Å². The fourth-order valence-corrected chi connectivity index (χ4v) is 2.14. The maximum Gasteiger partial charge on any atom is 0.272 e. The molecule has 2 aromatic rings. The minimum absolute atomic E-state index is 0.0789. The first-order valence-corrected chi connectivity index (χ1v) is 7.85. The summed E-state index contributed by atoms with van der Waals surface area (Å²) < 4.78 is 0. The van der Waals surface area contributed by atoms with Gasteiger partial charge in [0.05, 0.1) is 12.2 Å². The molecule has 6 nitrogen and oxygen atoms in total. The largest absolute Gasteiger partial charge is 0.364 e. The van der Waals surface area contributed by atoms with Crippen LogP contribution in [-0.2, 0) is 6.54 Å². The number of carbonyl (C=O) groups is 1. The van der Waals surface area contributed by atoms with Crippen molar-refractivity contribution < 1.29 is 4.79 Å². The summed E-state index contributed by atoms with van der Waals surface area (Å²) >= 11 is 0. The number of anilines is 1. The van der Waals surface area contributed by atoms with E-state index in [1.807, 2.05) is 18.2 Å². The fraction of sp³-hybridized carbons (Fsp3) is 0.412. The Kier molecular flexibility index (Phi) is 6.02. The quantitative estimate of drug-likeness (QED) is 0.851. The number of aromatic nitrogens is 3. The predicted molar refractivity (Wildman–Crippen MR) is 90.2 cm³/mol. The highest BCUT2D eigenvalue weighted by Gasteiger charge is 2.14. The first-order valence-electron chi connectivity index (χ1n) is 7.85. The third-order valence-electron chi connectivity index (χ3n) is 3.43. The number of carbonyl (C=O) groups excluding carboxylic acids is 1. The molecule has 2 rings (SSSR count).